The first-order chi connectivity index (χ1) is 6.24. The Morgan fingerprint density at radius 3 is 2.43 bits per heavy atom. The molecule has 0 N–H and O–H groups in total. The zero-order valence-electron chi connectivity index (χ0n) is 8.60. The van der Waals surface area contributed by atoms with Crippen molar-refractivity contribution in [1.29, 1.82) is 0 Å². The monoisotopic (exact) mass is 209 g/mol. The van der Waals surface area contributed by atoms with E-state index in [1.807, 2.05) is 18.0 Å². The molecule has 14 heavy (non-hydrogen) atoms. The van der Waals surface area contributed by atoms with Gasteiger partial charge < -0.3 is 4.90 Å². The number of hydrogen-bond acceptors (Lipinski definition) is 1. The average Bonchev–Trinajstić information content (AvgIpc) is 2.18. The van der Waals surface area contributed by atoms with Crippen molar-refractivity contribution in [3.63, 3.8) is 0 Å². The lowest BCUT2D eigenvalue weighted by Crippen LogP contribution is -2.26. The molecule has 1 aromatic rings. The molecule has 0 aliphatic heterocycles. The summed E-state index contributed by atoms with van der Waals surface area (Å²) >= 11 is 0. The lowest BCUT2D eigenvalue weighted by Gasteiger charge is -2.20. The molecule has 0 heterocycles. The number of nitrogens with zero attached hydrogens (tertiary/aromatic N) is 1. The van der Waals surface area contributed by atoms with E-state index in [2.05, 4.69) is 37.2 Å². The van der Waals surface area contributed by atoms with Gasteiger partial charge in [-0.25, -0.2) is 0 Å². The van der Waals surface area contributed by atoms with Crippen molar-refractivity contribution < 1.29 is 0 Å². The van der Waals surface area contributed by atoms with E-state index in [1.165, 1.54) is 5.56 Å². The van der Waals surface area contributed by atoms with Crippen LogP contribution in [-0.4, -0.2) is 18.0 Å². The molecule has 0 aliphatic carbocycles. The van der Waals surface area contributed by atoms with Crippen molar-refractivity contribution in [3.05, 3.63) is 35.9 Å². The third kappa shape index (κ3) is 3.72. The van der Waals surface area contributed by atoms with Gasteiger partial charge in [-0.3, -0.25) is 0 Å². The molecular weight excluding hydrogens is 194 g/mol. The van der Waals surface area contributed by atoms with E-state index < -0.39 is 0 Å². The molecule has 0 amide bonds. The van der Waals surface area contributed by atoms with Crippen LogP contribution in [0.2, 0.25) is 0 Å². The smallest absolute Gasteiger partial charge is 0.0380 e. The van der Waals surface area contributed by atoms with Gasteiger partial charge in [-0.1, -0.05) is 36.8 Å². The highest BCUT2D eigenvalue weighted by molar-refractivity contribution is 5.85. The maximum atomic E-state index is 5.30. The first kappa shape index (κ1) is 12.9. The van der Waals surface area contributed by atoms with Crippen molar-refractivity contribution >= 4 is 12.4 Å². The minimum Gasteiger partial charge on any atom is -0.333 e. The molecule has 0 aromatic heterocycles. The number of rotatable bonds is 3. The van der Waals surface area contributed by atoms with Crippen LogP contribution in [0.5, 0.6) is 0 Å². The molecule has 1 rings (SSSR count). The zero-order chi connectivity index (χ0) is 9.68. The number of hydrogen-bond donors (Lipinski definition) is 0. The molecule has 1 nitrogen and oxygen atoms in total. The van der Waals surface area contributed by atoms with Gasteiger partial charge in [0.2, 0.25) is 0 Å². The van der Waals surface area contributed by atoms with Crippen LogP contribution in [0.15, 0.2) is 30.3 Å². The van der Waals surface area contributed by atoms with E-state index >= 15 is 0 Å². The average molecular weight is 210 g/mol. The Kier molecular flexibility index (Phi) is 5.83. The second-order valence-corrected chi connectivity index (χ2v) is 3.28. The van der Waals surface area contributed by atoms with E-state index in [1.54, 1.807) is 0 Å². The maximum absolute atomic E-state index is 5.30. The first-order valence-corrected chi connectivity index (χ1v) is 4.47. The Bertz CT molecular complexity index is 289. The highest BCUT2D eigenvalue weighted by Gasteiger charge is 2.05. The van der Waals surface area contributed by atoms with Gasteiger partial charge in [-0.05, 0) is 18.9 Å². The zero-order valence-corrected chi connectivity index (χ0v) is 9.42. The summed E-state index contributed by atoms with van der Waals surface area (Å²) in [5, 5.41) is 0. The summed E-state index contributed by atoms with van der Waals surface area (Å²) < 4.78 is 0. The minimum atomic E-state index is 0. The lowest BCUT2D eigenvalue weighted by molar-refractivity contribution is 0.370. The summed E-state index contributed by atoms with van der Waals surface area (Å²) in [7, 11) is 1.94. The van der Waals surface area contributed by atoms with Crippen LogP contribution >= 0.6 is 12.4 Å². The topological polar surface area (TPSA) is 3.24 Å². The fraction of sp³-hybridized carbons (Fsp3) is 0.333. The Labute approximate surface area is 92.5 Å². The third-order valence-electron chi connectivity index (χ3n) is 2.24. The van der Waals surface area contributed by atoms with E-state index in [-0.39, 0.29) is 12.4 Å². The third-order valence-corrected chi connectivity index (χ3v) is 2.24. The van der Waals surface area contributed by atoms with E-state index in [0.29, 0.717) is 6.04 Å². The Morgan fingerprint density at radius 2 is 1.93 bits per heavy atom. The van der Waals surface area contributed by atoms with Crippen molar-refractivity contribution in [2.24, 2.45) is 0 Å². The molecule has 0 fully saturated rings. The van der Waals surface area contributed by atoms with Crippen molar-refractivity contribution in [3.8, 4) is 12.5 Å². The van der Waals surface area contributed by atoms with E-state index in [0.717, 1.165) is 6.42 Å². The predicted molar refractivity (Wildman–Crippen MR) is 63.5 cm³/mol. The van der Waals surface area contributed by atoms with Gasteiger partial charge >= 0.3 is 0 Å². The molecule has 76 valence electrons. The number of terminal acetylenes is 1. The molecular formula is C12H16ClN. The Morgan fingerprint density at radius 1 is 1.36 bits per heavy atom. The largest absolute Gasteiger partial charge is 0.333 e. The molecule has 2 heteroatoms. The fourth-order valence-electron chi connectivity index (χ4n) is 1.22. The van der Waals surface area contributed by atoms with Crippen molar-refractivity contribution in [2.45, 2.75) is 19.4 Å². The Hall–Kier alpha value is -1.13. The van der Waals surface area contributed by atoms with Gasteiger partial charge in [-0.15, -0.1) is 12.4 Å². The highest BCUT2D eigenvalue weighted by Crippen LogP contribution is 2.05. The Balaban J connectivity index is 0.00000169. The molecule has 0 saturated heterocycles. The summed E-state index contributed by atoms with van der Waals surface area (Å²) in [6, 6.07) is 13.4. The lowest BCUT2D eigenvalue weighted by atomic mass is 10.1. The van der Waals surface area contributed by atoms with Gasteiger partial charge in [-0.2, -0.15) is 0 Å². The van der Waals surface area contributed by atoms with Crippen LogP contribution in [0, 0.1) is 12.5 Å². The summed E-state index contributed by atoms with van der Waals surface area (Å²) in [5.41, 5.74) is 1.33. The summed E-state index contributed by atoms with van der Waals surface area (Å²) in [4.78, 5) is 1.90. The number of halogens is 1. The summed E-state index contributed by atoms with van der Waals surface area (Å²) in [5.74, 6) is 0. The normalized spacial score (nSPS) is 10.9. The second kappa shape index (κ2) is 6.34. The van der Waals surface area contributed by atoms with E-state index in [9.17, 15) is 0 Å². The van der Waals surface area contributed by atoms with Crippen LogP contribution in [0.25, 0.3) is 0 Å². The first-order valence-electron chi connectivity index (χ1n) is 4.47. The quantitative estimate of drug-likeness (QED) is 0.547. The van der Waals surface area contributed by atoms with Crippen LogP contribution < -0.4 is 0 Å². The van der Waals surface area contributed by atoms with Crippen LogP contribution in [0.3, 0.4) is 0 Å². The number of benzene rings is 1. The van der Waals surface area contributed by atoms with Gasteiger partial charge in [0.1, 0.15) is 0 Å². The van der Waals surface area contributed by atoms with Gasteiger partial charge in [0.05, 0.1) is 0 Å². The maximum Gasteiger partial charge on any atom is 0.0380 e. The molecule has 0 saturated carbocycles. The summed E-state index contributed by atoms with van der Waals surface area (Å²) in [6.45, 7) is 2.13. The SMILES string of the molecule is C#CN(C)[C@H](C)Cc1ccccc1.Cl. The standard InChI is InChI=1S/C12H15N.ClH/c1-4-13(3)11(2)10-12-8-6-5-7-9-12;/h1,5-9,11H,10H2,2-3H3;1H/t11-;/m1./s1. The van der Waals surface area contributed by atoms with Crippen molar-refractivity contribution in [1.82, 2.24) is 4.90 Å². The fourth-order valence-corrected chi connectivity index (χ4v) is 1.22. The van der Waals surface area contributed by atoms with Gasteiger partial charge in [0, 0.05) is 19.1 Å². The molecule has 0 bridgehead atoms. The molecule has 0 spiro atoms. The summed E-state index contributed by atoms with van der Waals surface area (Å²) in [6.07, 6.45) is 6.30. The van der Waals surface area contributed by atoms with E-state index in [4.69, 9.17) is 6.42 Å². The molecule has 1 aromatic carbocycles. The molecule has 0 unspecified atom stereocenters. The second-order valence-electron chi connectivity index (χ2n) is 3.28. The van der Waals surface area contributed by atoms with Crippen molar-refractivity contribution in [2.75, 3.05) is 7.05 Å². The van der Waals surface area contributed by atoms with Crippen LogP contribution in [0.4, 0.5) is 0 Å². The molecule has 0 radical (unpaired) electrons. The minimum absolute atomic E-state index is 0. The predicted octanol–water partition coefficient (Wildman–Crippen LogP) is 2.56. The number of likely N-dealkylation sites (N-methyl/N-ethyl adjacent to an activating group) is 1. The molecule has 0 aliphatic rings. The van der Waals surface area contributed by atoms with Crippen LogP contribution in [0.1, 0.15) is 12.5 Å². The molecule has 1 atom stereocenters. The van der Waals surface area contributed by atoms with Gasteiger partial charge in [0.25, 0.3) is 0 Å². The van der Waals surface area contributed by atoms with Gasteiger partial charge in [0.15, 0.2) is 0 Å². The van der Waals surface area contributed by atoms with Crippen LogP contribution in [-0.2, 0) is 6.42 Å². The highest BCUT2D eigenvalue weighted by atomic mass is 35.5.